The van der Waals surface area contributed by atoms with Crippen molar-refractivity contribution in [3.8, 4) is 0 Å². The number of hydrogen-bond acceptors (Lipinski definition) is 3. The maximum Gasteiger partial charge on any atom is 0.255 e. The molecule has 1 fully saturated rings. The quantitative estimate of drug-likeness (QED) is 0.819. The third-order valence-corrected chi connectivity index (χ3v) is 3.80. The molecule has 1 aromatic rings. The van der Waals surface area contributed by atoms with E-state index in [2.05, 4.69) is 15.9 Å². The highest BCUT2D eigenvalue weighted by atomic mass is 79.9. The maximum atomic E-state index is 12.3. The van der Waals surface area contributed by atoms with E-state index in [0.717, 1.165) is 23.9 Å². The number of rotatable bonds is 2. The van der Waals surface area contributed by atoms with E-state index >= 15 is 0 Å². The van der Waals surface area contributed by atoms with Crippen molar-refractivity contribution in [2.45, 2.75) is 12.8 Å². The van der Waals surface area contributed by atoms with Crippen molar-refractivity contribution >= 4 is 27.5 Å². The lowest BCUT2D eigenvalue weighted by Gasteiger charge is -2.32. The van der Waals surface area contributed by atoms with E-state index < -0.39 is 0 Å². The minimum Gasteiger partial charge on any atom is -0.398 e. The molecule has 0 aromatic heterocycles. The molecule has 1 aromatic carbocycles. The lowest BCUT2D eigenvalue weighted by Crippen LogP contribution is -2.41. The van der Waals surface area contributed by atoms with Crippen molar-refractivity contribution < 1.29 is 9.90 Å². The number of aliphatic hydroxyl groups is 1. The fourth-order valence-electron chi connectivity index (χ4n) is 2.30. The van der Waals surface area contributed by atoms with Gasteiger partial charge in [0.15, 0.2) is 0 Å². The summed E-state index contributed by atoms with van der Waals surface area (Å²) in [6, 6.07) is 5.29. The molecule has 98 valence electrons. The molecule has 1 unspecified atom stereocenters. The Morgan fingerprint density at radius 3 is 3.00 bits per heavy atom. The first-order chi connectivity index (χ1) is 8.61. The summed E-state index contributed by atoms with van der Waals surface area (Å²) in [5.74, 6) is 0.150. The van der Waals surface area contributed by atoms with Gasteiger partial charge in [-0.15, -0.1) is 0 Å². The van der Waals surface area contributed by atoms with Crippen LogP contribution in [0.5, 0.6) is 0 Å². The third kappa shape index (κ3) is 2.84. The van der Waals surface area contributed by atoms with Crippen LogP contribution in [0, 0.1) is 5.92 Å². The van der Waals surface area contributed by atoms with Crippen LogP contribution < -0.4 is 5.73 Å². The largest absolute Gasteiger partial charge is 0.398 e. The monoisotopic (exact) mass is 312 g/mol. The summed E-state index contributed by atoms with van der Waals surface area (Å²) in [5.41, 5.74) is 6.89. The normalized spacial score (nSPS) is 19.9. The van der Waals surface area contributed by atoms with Gasteiger partial charge in [0.05, 0.1) is 5.56 Å². The fraction of sp³-hybridized carbons (Fsp3) is 0.462. The van der Waals surface area contributed by atoms with Gasteiger partial charge in [-0.1, -0.05) is 15.9 Å². The molecule has 1 amide bonds. The summed E-state index contributed by atoms with van der Waals surface area (Å²) in [7, 11) is 0. The summed E-state index contributed by atoms with van der Waals surface area (Å²) < 4.78 is 0.864. The van der Waals surface area contributed by atoms with Crippen LogP contribution in [0.2, 0.25) is 0 Å². The molecular weight excluding hydrogens is 296 g/mol. The Hall–Kier alpha value is -1.07. The van der Waals surface area contributed by atoms with Crippen molar-refractivity contribution in [2.75, 3.05) is 25.4 Å². The number of halogens is 1. The average Bonchev–Trinajstić information content (AvgIpc) is 2.38. The SMILES string of the molecule is Nc1cc(Br)ccc1C(=O)N1CCCC(CO)C1. The van der Waals surface area contributed by atoms with Gasteiger partial charge >= 0.3 is 0 Å². The fourth-order valence-corrected chi connectivity index (χ4v) is 2.68. The molecular formula is C13H17BrN2O2. The Bertz CT molecular complexity index is 451. The Labute approximate surface area is 115 Å². The smallest absolute Gasteiger partial charge is 0.255 e. The molecule has 2 rings (SSSR count). The van der Waals surface area contributed by atoms with Gasteiger partial charge < -0.3 is 15.7 Å². The second-order valence-corrected chi connectivity index (χ2v) is 5.59. The number of amides is 1. The second kappa shape index (κ2) is 5.71. The van der Waals surface area contributed by atoms with E-state index in [1.54, 1.807) is 17.0 Å². The minimum atomic E-state index is -0.0434. The predicted octanol–water partition coefficient (Wildman–Crippen LogP) is 1.88. The molecule has 0 bridgehead atoms. The van der Waals surface area contributed by atoms with Crippen LogP contribution in [0.1, 0.15) is 23.2 Å². The van der Waals surface area contributed by atoms with Crippen LogP contribution in [-0.2, 0) is 0 Å². The Morgan fingerprint density at radius 2 is 2.33 bits per heavy atom. The van der Waals surface area contributed by atoms with E-state index in [4.69, 9.17) is 5.73 Å². The lowest BCUT2D eigenvalue weighted by molar-refractivity contribution is 0.0622. The molecule has 5 heteroatoms. The van der Waals surface area contributed by atoms with Crippen LogP contribution >= 0.6 is 15.9 Å². The molecule has 3 N–H and O–H groups in total. The molecule has 0 spiro atoms. The number of nitrogens with zero attached hydrogens (tertiary/aromatic N) is 1. The van der Waals surface area contributed by atoms with Crippen molar-refractivity contribution in [1.29, 1.82) is 0 Å². The lowest BCUT2D eigenvalue weighted by atomic mass is 9.98. The summed E-state index contributed by atoms with van der Waals surface area (Å²) in [6.07, 6.45) is 1.92. The number of anilines is 1. The van der Waals surface area contributed by atoms with Gasteiger partial charge in [-0.05, 0) is 37.0 Å². The zero-order chi connectivity index (χ0) is 13.1. The highest BCUT2D eigenvalue weighted by Gasteiger charge is 2.24. The van der Waals surface area contributed by atoms with Gasteiger partial charge in [0.2, 0.25) is 0 Å². The third-order valence-electron chi connectivity index (χ3n) is 3.31. The number of benzene rings is 1. The standard InChI is InChI=1S/C13H17BrN2O2/c14-10-3-4-11(12(15)6-10)13(18)16-5-1-2-9(7-16)8-17/h3-4,6,9,17H,1-2,5,7-8,15H2. The summed E-state index contributed by atoms with van der Waals surface area (Å²) >= 11 is 3.32. The van der Waals surface area contributed by atoms with E-state index in [1.165, 1.54) is 0 Å². The van der Waals surface area contributed by atoms with Crippen LogP contribution in [-0.4, -0.2) is 35.6 Å². The summed E-state index contributed by atoms with van der Waals surface area (Å²) in [6.45, 7) is 1.50. The highest BCUT2D eigenvalue weighted by molar-refractivity contribution is 9.10. The number of aliphatic hydroxyl groups excluding tert-OH is 1. The van der Waals surface area contributed by atoms with Crippen LogP contribution in [0.15, 0.2) is 22.7 Å². The number of nitrogen functional groups attached to an aromatic ring is 1. The van der Waals surface area contributed by atoms with E-state index in [0.29, 0.717) is 17.8 Å². The van der Waals surface area contributed by atoms with Gasteiger partial charge in [-0.25, -0.2) is 0 Å². The molecule has 1 aliphatic heterocycles. The van der Waals surface area contributed by atoms with Crippen molar-refractivity contribution in [3.63, 3.8) is 0 Å². The summed E-state index contributed by atoms with van der Waals surface area (Å²) in [4.78, 5) is 14.1. The van der Waals surface area contributed by atoms with Gasteiger partial charge in [-0.3, -0.25) is 4.79 Å². The number of carbonyl (C=O) groups is 1. The van der Waals surface area contributed by atoms with Crippen molar-refractivity contribution in [1.82, 2.24) is 4.90 Å². The number of nitrogens with two attached hydrogens (primary N) is 1. The number of hydrogen-bond donors (Lipinski definition) is 2. The van der Waals surface area contributed by atoms with Gasteiger partial charge in [0.1, 0.15) is 0 Å². The highest BCUT2D eigenvalue weighted by Crippen LogP contribution is 2.23. The average molecular weight is 313 g/mol. The second-order valence-electron chi connectivity index (χ2n) is 4.67. The molecule has 1 saturated heterocycles. The Kier molecular flexibility index (Phi) is 4.24. The zero-order valence-corrected chi connectivity index (χ0v) is 11.7. The molecule has 1 heterocycles. The number of carbonyl (C=O) groups excluding carboxylic acids is 1. The predicted molar refractivity (Wildman–Crippen MR) is 74.3 cm³/mol. The van der Waals surface area contributed by atoms with Crippen LogP contribution in [0.3, 0.4) is 0 Å². The minimum absolute atomic E-state index is 0.0434. The zero-order valence-electron chi connectivity index (χ0n) is 10.1. The van der Waals surface area contributed by atoms with Crippen LogP contribution in [0.4, 0.5) is 5.69 Å². The first-order valence-electron chi connectivity index (χ1n) is 6.07. The number of piperidine rings is 1. The van der Waals surface area contributed by atoms with Crippen molar-refractivity contribution in [2.24, 2.45) is 5.92 Å². The topological polar surface area (TPSA) is 66.6 Å². The van der Waals surface area contributed by atoms with Crippen molar-refractivity contribution in [3.05, 3.63) is 28.2 Å². The molecule has 18 heavy (non-hydrogen) atoms. The molecule has 0 aliphatic carbocycles. The molecule has 1 aliphatic rings. The first-order valence-corrected chi connectivity index (χ1v) is 6.86. The Morgan fingerprint density at radius 1 is 1.56 bits per heavy atom. The summed E-state index contributed by atoms with van der Waals surface area (Å²) in [5, 5.41) is 9.18. The molecule has 0 radical (unpaired) electrons. The van der Waals surface area contributed by atoms with E-state index in [1.807, 2.05) is 6.07 Å². The van der Waals surface area contributed by atoms with Gasteiger partial charge in [-0.2, -0.15) is 0 Å². The van der Waals surface area contributed by atoms with E-state index in [-0.39, 0.29) is 18.4 Å². The maximum absolute atomic E-state index is 12.3. The molecule has 4 nitrogen and oxygen atoms in total. The first kappa shape index (κ1) is 13.4. The van der Waals surface area contributed by atoms with E-state index in [9.17, 15) is 9.90 Å². The van der Waals surface area contributed by atoms with Gasteiger partial charge in [0.25, 0.3) is 5.91 Å². The molecule has 1 atom stereocenters. The number of likely N-dealkylation sites (tertiary alicyclic amines) is 1. The van der Waals surface area contributed by atoms with Gasteiger partial charge in [0, 0.05) is 29.9 Å². The van der Waals surface area contributed by atoms with Crippen LogP contribution in [0.25, 0.3) is 0 Å². The molecule has 0 saturated carbocycles. The Balaban J connectivity index is 2.15.